The van der Waals surface area contributed by atoms with Crippen LogP contribution in [0.2, 0.25) is 0 Å². The van der Waals surface area contributed by atoms with Crippen molar-refractivity contribution in [3.8, 4) is 0 Å². The van der Waals surface area contributed by atoms with Crippen LogP contribution < -0.4 is 0 Å². The van der Waals surface area contributed by atoms with Crippen molar-refractivity contribution in [2.24, 2.45) is 11.8 Å². The minimum atomic E-state index is 0.896. The van der Waals surface area contributed by atoms with Gasteiger partial charge in [-0.1, -0.05) is 19.4 Å². The van der Waals surface area contributed by atoms with Gasteiger partial charge in [-0.15, -0.1) is 11.8 Å². The summed E-state index contributed by atoms with van der Waals surface area (Å²) >= 11 is 2.08. The molecule has 1 heterocycles. The van der Waals surface area contributed by atoms with Crippen LogP contribution in [0.1, 0.15) is 20.3 Å². The Labute approximate surface area is 60.7 Å². The van der Waals surface area contributed by atoms with Gasteiger partial charge >= 0.3 is 0 Å². The Hall–Kier alpha value is 0.0900. The van der Waals surface area contributed by atoms with Gasteiger partial charge in [0, 0.05) is 5.75 Å². The van der Waals surface area contributed by atoms with Gasteiger partial charge in [-0.25, -0.2) is 0 Å². The zero-order chi connectivity index (χ0) is 6.43. The molecule has 0 aromatic carbocycles. The van der Waals surface area contributed by atoms with Gasteiger partial charge < -0.3 is 0 Å². The fraction of sp³-hybridized carbons (Fsp3) is 0.750. The molecule has 0 saturated carbocycles. The molecule has 0 aromatic heterocycles. The Bertz CT molecular complexity index is 151. The van der Waals surface area contributed by atoms with E-state index < -0.39 is 0 Å². The third-order valence-corrected chi connectivity index (χ3v) is 4.01. The molecule has 0 amide bonds. The highest BCUT2D eigenvalue weighted by atomic mass is 32.2. The van der Waals surface area contributed by atoms with E-state index in [1.807, 2.05) is 0 Å². The Morgan fingerprint density at radius 2 is 2.11 bits per heavy atom. The summed E-state index contributed by atoms with van der Waals surface area (Å²) in [6.45, 7) is 4.71. The molecule has 1 aliphatic heterocycles. The summed E-state index contributed by atoms with van der Waals surface area (Å²) in [7, 11) is 0. The summed E-state index contributed by atoms with van der Waals surface area (Å²) in [5.41, 5.74) is 1.77. The molecule has 2 unspecified atom stereocenters. The van der Waals surface area contributed by atoms with Crippen LogP contribution in [0.4, 0.5) is 0 Å². The van der Waals surface area contributed by atoms with E-state index in [1.54, 1.807) is 10.5 Å². The molecule has 2 rings (SSSR count). The van der Waals surface area contributed by atoms with Crippen molar-refractivity contribution in [3.05, 3.63) is 10.5 Å². The van der Waals surface area contributed by atoms with Gasteiger partial charge in [-0.3, -0.25) is 0 Å². The number of thioether (sulfide) groups is 1. The largest absolute Gasteiger partial charge is 0.130 e. The van der Waals surface area contributed by atoms with Gasteiger partial charge in [-0.05, 0) is 23.2 Å². The number of hydrogen-bond donors (Lipinski definition) is 0. The van der Waals surface area contributed by atoms with E-state index in [0.717, 1.165) is 11.8 Å². The quantitative estimate of drug-likeness (QED) is 0.498. The molecular formula is C8H12S. The van der Waals surface area contributed by atoms with E-state index >= 15 is 0 Å². The van der Waals surface area contributed by atoms with Gasteiger partial charge in [-0.2, -0.15) is 0 Å². The van der Waals surface area contributed by atoms with Crippen molar-refractivity contribution in [3.63, 3.8) is 0 Å². The second-order valence-electron chi connectivity index (χ2n) is 3.07. The highest BCUT2D eigenvalue weighted by Crippen LogP contribution is 2.52. The first-order valence-corrected chi connectivity index (χ1v) is 4.65. The molecule has 2 atom stereocenters. The minimum Gasteiger partial charge on any atom is -0.130 e. The summed E-state index contributed by atoms with van der Waals surface area (Å²) < 4.78 is 0. The van der Waals surface area contributed by atoms with Crippen molar-refractivity contribution in [2.75, 3.05) is 5.75 Å². The predicted molar refractivity (Wildman–Crippen MR) is 42.4 cm³/mol. The maximum atomic E-state index is 2.36. The van der Waals surface area contributed by atoms with Crippen molar-refractivity contribution in [2.45, 2.75) is 20.3 Å². The molecule has 0 N–H and O–H groups in total. The lowest BCUT2D eigenvalue weighted by molar-refractivity contribution is 0.446. The summed E-state index contributed by atoms with van der Waals surface area (Å²) in [5, 5.41) is 0. The van der Waals surface area contributed by atoms with E-state index in [2.05, 4.69) is 25.6 Å². The predicted octanol–water partition coefficient (Wildman–Crippen LogP) is 2.66. The normalized spacial score (nSPS) is 40.7. The van der Waals surface area contributed by atoms with E-state index in [0.29, 0.717) is 0 Å². The molecule has 1 aliphatic carbocycles. The van der Waals surface area contributed by atoms with Crippen LogP contribution in [0, 0.1) is 11.8 Å². The van der Waals surface area contributed by atoms with Gasteiger partial charge in [0.25, 0.3) is 0 Å². The highest BCUT2D eigenvalue weighted by molar-refractivity contribution is 8.03. The van der Waals surface area contributed by atoms with Gasteiger partial charge in [0.05, 0.1) is 0 Å². The summed E-state index contributed by atoms with van der Waals surface area (Å²) in [5.74, 6) is 3.17. The Balaban J connectivity index is 2.26. The SMILES string of the molecule is CC1C2=C(SCC2)C1C. The fourth-order valence-corrected chi connectivity index (χ4v) is 3.28. The maximum absolute atomic E-state index is 2.36. The zero-order valence-corrected chi connectivity index (χ0v) is 6.79. The first kappa shape index (κ1) is 5.84. The lowest BCUT2D eigenvalue weighted by Gasteiger charge is -2.33. The second kappa shape index (κ2) is 1.79. The van der Waals surface area contributed by atoms with Crippen LogP contribution in [-0.4, -0.2) is 5.75 Å². The number of hydrogen-bond acceptors (Lipinski definition) is 1. The van der Waals surface area contributed by atoms with Crippen molar-refractivity contribution >= 4 is 11.8 Å². The first-order valence-electron chi connectivity index (χ1n) is 3.66. The topological polar surface area (TPSA) is 0 Å². The van der Waals surface area contributed by atoms with Crippen LogP contribution in [0.3, 0.4) is 0 Å². The van der Waals surface area contributed by atoms with Gasteiger partial charge in [0.2, 0.25) is 0 Å². The van der Waals surface area contributed by atoms with Crippen molar-refractivity contribution < 1.29 is 0 Å². The van der Waals surface area contributed by atoms with Crippen LogP contribution in [0.15, 0.2) is 10.5 Å². The Kier molecular flexibility index (Phi) is 1.16. The summed E-state index contributed by atoms with van der Waals surface area (Å²) in [4.78, 5) is 1.72. The van der Waals surface area contributed by atoms with Crippen LogP contribution in [0.25, 0.3) is 0 Å². The van der Waals surface area contributed by atoms with E-state index in [1.165, 1.54) is 12.2 Å². The smallest absolute Gasteiger partial charge is 0.00147 e. The van der Waals surface area contributed by atoms with E-state index in [4.69, 9.17) is 0 Å². The summed E-state index contributed by atoms with van der Waals surface area (Å²) in [6.07, 6.45) is 1.38. The zero-order valence-electron chi connectivity index (χ0n) is 5.98. The average Bonchev–Trinajstić information content (AvgIpc) is 2.30. The monoisotopic (exact) mass is 140 g/mol. The van der Waals surface area contributed by atoms with E-state index in [9.17, 15) is 0 Å². The lowest BCUT2D eigenvalue weighted by atomic mass is 9.76. The average molecular weight is 140 g/mol. The first-order chi connectivity index (χ1) is 4.30. The molecule has 0 bridgehead atoms. The molecule has 0 saturated heterocycles. The second-order valence-corrected chi connectivity index (χ2v) is 4.20. The third-order valence-electron chi connectivity index (χ3n) is 2.66. The molecule has 0 spiro atoms. The minimum absolute atomic E-state index is 0.896. The van der Waals surface area contributed by atoms with Crippen molar-refractivity contribution in [1.29, 1.82) is 0 Å². The Morgan fingerprint density at radius 1 is 1.33 bits per heavy atom. The van der Waals surface area contributed by atoms with Crippen LogP contribution >= 0.6 is 11.8 Å². The standard InChI is InChI=1S/C8H12S/c1-5-6(2)8-7(5)3-4-9-8/h5-6H,3-4H2,1-2H3. The molecule has 50 valence electrons. The molecule has 0 nitrogen and oxygen atoms in total. The highest BCUT2D eigenvalue weighted by Gasteiger charge is 2.36. The van der Waals surface area contributed by atoms with Crippen LogP contribution in [-0.2, 0) is 0 Å². The van der Waals surface area contributed by atoms with Gasteiger partial charge in [0.15, 0.2) is 0 Å². The maximum Gasteiger partial charge on any atom is 0.00147 e. The molecular weight excluding hydrogens is 128 g/mol. The van der Waals surface area contributed by atoms with Crippen molar-refractivity contribution in [1.82, 2.24) is 0 Å². The molecule has 1 heteroatoms. The third kappa shape index (κ3) is 0.615. The Morgan fingerprint density at radius 3 is 2.78 bits per heavy atom. The molecule has 2 aliphatic rings. The number of allylic oxidation sites excluding steroid dienone is 2. The van der Waals surface area contributed by atoms with E-state index in [-0.39, 0.29) is 0 Å². The summed E-state index contributed by atoms with van der Waals surface area (Å²) in [6, 6.07) is 0. The van der Waals surface area contributed by atoms with Gasteiger partial charge in [0.1, 0.15) is 0 Å². The molecule has 0 fully saturated rings. The molecule has 0 aromatic rings. The molecule has 0 radical (unpaired) electrons. The fourth-order valence-electron chi connectivity index (χ4n) is 1.80. The van der Waals surface area contributed by atoms with Crippen LogP contribution in [0.5, 0.6) is 0 Å². The lowest BCUT2D eigenvalue weighted by Crippen LogP contribution is -2.21. The molecule has 9 heavy (non-hydrogen) atoms. The number of rotatable bonds is 0.